The van der Waals surface area contributed by atoms with Gasteiger partial charge in [0, 0.05) is 19.1 Å². The number of halogens is 1. The molecule has 2 unspecified atom stereocenters. The summed E-state index contributed by atoms with van der Waals surface area (Å²) in [5.74, 6) is -0.535. The molecule has 6 heteroatoms. The molecule has 1 saturated heterocycles. The summed E-state index contributed by atoms with van der Waals surface area (Å²) in [6.07, 6.45) is 2.12. The minimum absolute atomic E-state index is 0.0109. The van der Waals surface area contributed by atoms with Crippen LogP contribution in [0.1, 0.15) is 49.4 Å². The lowest BCUT2D eigenvalue weighted by Gasteiger charge is -2.40. The van der Waals surface area contributed by atoms with Gasteiger partial charge in [0.2, 0.25) is 5.91 Å². The first kappa shape index (κ1) is 22.8. The Morgan fingerprint density at radius 2 is 1.87 bits per heavy atom. The van der Waals surface area contributed by atoms with E-state index in [4.69, 9.17) is 0 Å². The molecule has 0 bridgehead atoms. The van der Waals surface area contributed by atoms with Crippen LogP contribution in [-0.4, -0.2) is 36.0 Å². The van der Waals surface area contributed by atoms with Crippen LogP contribution in [0.15, 0.2) is 48.5 Å². The number of carbonyl (C=O) groups excluding carboxylic acids is 2. The van der Waals surface area contributed by atoms with Crippen LogP contribution in [0.4, 0.5) is 9.18 Å². The van der Waals surface area contributed by atoms with Crippen LogP contribution < -0.4 is 10.6 Å². The Bertz CT molecular complexity index is 901. The van der Waals surface area contributed by atoms with Crippen LogP contribution in [0.5, 0.6) is 0 Å². The Morgan fingerprint density at radius 3 is 2.55 bits per heavy atom. The number of urea groups is 1. The first-order chi connectivity index (χ1) is 14.8. The summed E-state index contributed by atoms with van der Waals surface area (Å²) in [6, 6.07) is 14.6. The number of likely N-dealkylation sites (tertiary alicyclic amines) is 1. The van der Waals surface area contributed by atoms with E-state index in [1.165, 1.54) is 11.6 Å². The summed E-state index contributed by atoms with van der Waals surface area (Å²) in [7, 11) is 0. The Hall–Kier alpha value is -2.89. The van der Waals surface area contributed by atoms with Gasteiger partial charge in [-0.15, -0.1) is 0 Å². The largest absolute Gasteiger partial charge is 0.355 e. The van der Waals surface area contributed by atoms with Gasteiger partial charge >= 0.3 is 6.03 Å². The quantitative estimate of drug-likeness (QED) is 0.722. The highest BCUT2D eigenvalue weighted by molar-refractivity contribution is 5.81. The number of benzene rings is 2. The van der Waals surface area contributed by atoms with Crippen molar-refractivity contribution in [2.24, 2.45) is 5.92 Å². The molecule has 0 saturated carbocycles. The molecule has 166 valence electrons. The predicted octanol–water partition coefficient (Wildman–Crippen LogP) is 4.36. The van der Waals surface area contributed by atoms with Gasteiger partial charge in [-0.2, -0.15) is 0 Å². The molecule has 31 heavy (non-hydrogen) atoms. The molecule has 3 amide bonds. The number of amides is 3. The van der Waals surface area contributed by atoms with Gasteiger partial charge in [0.15, 0.2) is 0 Å². The van der Waals surface area contributed by atoms with Crippen LogP contribution in [0, 0.1) is 18.7 Å². The molecular weight excluding hydrogens is 393 g/mol. The fraction of sp³-hybridized carbons (Fsp3) is 0.440. The summed E-state index contributed by atoms with van der Waals surface area (Å²) < 4.78 is 13.8. The molecule has 2 N–H and O–H groups in total. The minimum Gasteiger partial charge on any atom is -0.355 e. The van der Waals surface area contributed by atoms with Crippen LogP contribution in [0.2, 0.25) is 0 Å². The fourth-order valence-electron chi connectivity index (χ4n) is 4.08. The SMILES string of the molecule is Cc1cc(C2CCC(C(=O)NCCc3ccccc3)CN2C(=O)NC(C)C)ccc1F. The van der Waals surface area contributed by atoms with E-state index in [1.807, 2.05) is 44.2 Å². The van der Waals surface area contributed by atoms with E-state index in [2.05, 4.69) is 10.6 Å². The third-order valence-corrected chi connectivity index (χ3v) is 5.75. The normalized spacial score (nSPS) is 18.7. The smallest absolute Gasteiger partial charge is 0.318 e. The molecule has 2 atom stereocenters. The second-order valence-corrected chi connectivity index (χ2v) is 8.58. The van der Waals surface area contributed by atoms with E-state index in [1.54, 1.807) is 24.0 Å². The zero-order valence-electron chi connectivity index (χ0n) is 18.5. The van der Waals surface area contributed by atoms with Crippen molar-refractivity contribution in [3.63, 3.8) is 0 Å². The minimum atomic E-state index is -0.258. The number of nitrogens with zero attached hydrogens (tertiary/aromatic N) is 1. The molecule has 1 fully saturated rings. The summed E-state index contributed by atoms with van der Waals surface area (Å²) in [6.45, 7) is 6.46. The topological polar surface area (TPSA) is 61.4 Å². The highest BCUT2D eigenvalue weighted by Gasteiger charge is 2.35. The first-order valence-electron chi connectivity index (χ1n) is 11.0. The monoisotopic (exact) mass is 425 g/mol. The number of hydrogen-bond acceptors (Lipinski definition) is 2. The molecule has 0 spiro atoms. The fourth-order valence-corrected chi connectivity index (χ4v) is 4.08. The molecule has 1 aliphatic heterocycles. The highest BCUT2D eigenvalue weighted by Crippen LogP contribution is 2.34. The van der Waals surface area contributed by atoms with Crippen LogP contribution in [-0.2, 0) is 11.2 Å². The molecule has 0 aliphatic carbocycles. The maximum atomic E-state index is 13.8. The lowest BCUT2D eigenvalue weighted by atomic mass is 9.88. The molecule has 2 aromatic rings. The highest BCUT2D eigenvalue weighted by atomic mass is 19.1. The van der Waals surface area contributed by atoms with Crippen molar-refractivity contribution < 1.29 is 14.0 Å². The van der Waals surface area contributed by atoms with Crippen molar-refractivity contribution in [2.75, 3.05) is 13.1 Å². The molecular formula is C25H32FN3O2. The molecule has 0 radical (unpaired) electrons. The standard InChI is InChI=1S/C25H32FN3O2/c1-17(2)28-25(31)29-16-21(24(30)27-14-13-19-7-5-4-6-8-19)10-12-23(29)20-9-11-22(26)18(3)15-20/h4-9,11,15,17,21,23H,10,12-14,16H2,1-3H3,(H,27,30)(H,28,31). The van der Waals surface area contributed by atoms with Gasteiger partial charge < -0.3 is 15.5 Å². The summed E-state index contributed by atoms with van der Waals surface area (Å²) >= 11 is 0. The molecule has 1 aliphatic rings. The molecule has 1 heterocycles. The lowest BCUT2D eigenvalue weighted by molar-refractivity contribution is -0.126. The third-order valence-electron chi connectivity index (χ3n) is 5.75. The zero-order valence-corrected chi connectivity index (χ0v) is 18.5. The molecule has 3 rings (SSSR count). The Morgan fingerprint density at radius 1 is 1.13 bits per heavy atom. The number of piperidine rings is 1. The van der Waals surface area contributed by atoms with Gasteiger partial charge in [-0.3, -0.25) is 4.79 Å². The van der Waals surface area contributed by atoms with Crippen molar-refractivity contribution in [2.45, 2.75) is 52.1 Å². The van der Waals surface area contributed by atoms with Gasteiger partial charge in [0.1, 0.15) is 5.82 Å². The predicted molar refractivity (Wildman–Crippen MR) is 120 cm³/mol. The summed E-state index contributed by atoms with van der Waals surface area (Å²) in [4.78, 5) is 27.5. The van der Waals surface area contributed by atoms with E-state index >= 15 is 0 Å². The van der Waals surface area contributed by atoms with E-state index in [0.717, 1.165) is 12.0 Å². The number of carbonyl (C=O) groups is 2. The van der Waals surface area contributed by atoms with Crippen molar-refractivity contribution >= 4 is 11.9 Å². The zero-order chi connectivity index (χ0) is 22.4. The Kier molecular flexibility index (Phi) is 7.66. The lowest BCUT2D eigenvalue weighted by Crippen LogP contribution is -2.51. The summed E-state index contributed by atoms with van der Waals surface area (Å²) in [5, 5.41) is 5.97. The average Bonchev–Trinajstić information content (AvgIpc) is 2.75. The average molecular weight is 426 g/mol. The van der Waals surface area contributed by atoms with Crippen molar-refractivity contribution in [1.29, 1.82) is 0 Å². The number of nitrogens with one attached hydrogen (secondary N) is 2. The maximum absolute atomic E-state index is 13.8. The van der Waals surface area contributed by atoms with Crippen LogP contribution >= 0.6 is 0 Å². The third kappa shape index (κ3) is 6.06. The van der Waals surface area contributed by atoms with Crippen molar-refractivity contribution in [3.05, 3.63) is 71.0 Å². The van der Waals surface area contributed by atoms with Gasteiger partial charge in [-0.1, -0.05) is 42.5 Å². The van der Waals surface area contributed by atoms with E-state index in [-0.39, 0.29) is 35.8 Å². The van der Waals surface area contributed by atoms with Crippen molar-refractivity contribution in [3.8, 4) is 0 Å². The van der Waals surface area contributed by atoms with E-state index in [9.17, 15) is 14.0 Å². The van der Waals surface area contributed by atoms with Crippen molar-refractivity contribution in [1.82, 2.24) is 15.5 Å². The van der Waals surface area contributed by atoms with E-state index in [0.29, 0.717) is 31.5 Å². The van der Waals surface area contributed by atoms with Gasteiger partial charge in [-0.25, -0.2) is 9.18 Å². The second kappa shape index (κ2) is 10.4. The van der Waals surface area contributed by atoms with Crippen LogP contribution in [0.25, 0.3) is 0 Å². The number of hydrogen-bond donors (Lipinski definition) is 2. The maximum Gasteiger partial charge on any atom is 0.318 e. The number of rotatable bonds is 6. The molecule has 5 nitrogen and oxygen atoms in total. The second-order valence-electron chi connectivity index (χ2n) is 8.58. The van der Waals surface area contributed by atoms with Gasteiger partial charge in [0.25, 0.3) is 0 Å². The van der Waals surface area contributed by atoms with E-state index < -0.39 is 0 Å². The van der Waals surface area contributed by atoms with Gasteiger partial charge in [0.05, 0.1) is 12.0 Å². The van der Waals surface area contributed by atoms with Gasteiger partial charge in [-0.05, 0) is 62.8 Å². The number of aryl methyl sites for hydroxylation is 1. The Labute approximate surface area is 184 Å². The van der Waals surface area contributed by atoms with Crippen LogP contribution in [0.3, 0.4) is 0 Å². The summed E-state index contributed by atoms with van der Waals surface area (Å²) in [5.41, 5.74) is 2.64. The first-order valence-corrected chi connectivity index (χ1v) is 11.0. The molecule has 2 aromatic carbocycles. The Balaban J connectivity index is 1.67. The molecule has 0 aromatic heterocycles.